The van der Waals surface area contributed by atoms with Gasteiger partial charge in [-0.15, -0.1) is 0 Å². The minimum atomic E-state index is 0.0664. The Bertz CT molecular complexity index is 709. The average molecular weight is 435 g/mol. The van der Waals surface area contributed by atoms with Crippen molar-refractivity contribution in [3.8, 4) is 11.1 Å². The second-order valence-electron chi connectivity index (χ2n) is 10.0. The van der Waals surface area contributed by atoms with E-state index in [0.717, 1.165) is 18.3 Å². The van der Waals surface area contributed by atoms with Crippen LogP contribution in [0.5, 0.6) is 0 Å². The fourth-order valence-electron chi connectivity index (χ4n) is 5.45. The first kappa shape index (κ1) is 23.5. The molecule has 0 radical (unpaired) electrons. The summed E-state index contributed by atoms with van der Waals surface area (Å²) in [4.78, 5) is 0. The minimum Gasteiger partial charge on any atom is -0.373 e. The summed E-state index contributed by atoms with van der Waals surface area (Å²) in [5.41, 5.74) is 5.34. The van der Waals surface area contributed by atoms with Crippen molar-refractivity contribution in [2.45, 2.75) is 96.2 Å². The molecule has 1 aliphatic heterocycles. The molecule has 1 saturated heterocycles. The lowest BCUT2D eigenvalue weighted by Crippen LogP contribution is -2.31. The van der Waals surface area contributed by atoms with Crippen molar-refractivity contribution in [3.05, 3.63) is 59.7 Å². The van der Waals surface area contributed by atoms with Crippen LogP contribution in [0.15, 0.2) is 48.5 Å². The Balaban J connectivity index is 1.29. The van der Waals surface area contributed by atoms with E-state index in [1.807, 2.05) is 0 Å². The van der Waals surface area contributed by atoms with Gasteiger partial charge in [0.25, 0.3) is 0 Å². The monoisotopic (exact) mass is 434 g/mol. The average Bonchev–Trinajstić information content (AvgIpc) is 2.87. The van der Waals surface area contributed by atoms with Gasteiger partial charge in [0, 0.05) is 0 Å². The third kappa shape index (κ3) is 6.23. The smallest absolute Gasteiger partial charge is 0.106 e. The third-order valence-corrected chi connectivity index (χ3v) is 7.66. The molecule has 2 aliphatic rings. The zero-order chi connectivity index (χ0) is 22.2. The van der Waals surface area contributed by atoms with E-state index in [1.54, 1.807) is 0 Å². The number of benzene rings is 2. The van der Waals surface area contributed by atoms with E-state index in [2.05, 4.69) is 62.4 Å². The van der Waals surface area contributed by atoms with E-state index < -0.39 is 0 Å². The normalized spacial score (nSPS) is 26.2. The Morgan fingerprint density at radius 2 is 1.25 bits per heavy atom. The maximum atomic E-state index is 6.11. The van der Waals surface area contributed by atoms with E-state index >= 15 is 0 Å². The molecule has 1 saturated carbocycles. The lowest BCUT2D eigenvalue weighted by Gasteiger charge is -2.30. The van der Waals surface area contributed by atoms with Crippen LogP contribution >= 0.6 is 0 Å². The lowest BCUT2D eigenvalue weighted by molar-refractivity contribution is -0.137. The fraction of sp³-hybridized carbons (Fsp3) is 0.600. The van der Waals surface area contributed by atoms with Gasteiger partial charge in [-0.25, -0.2) is 0 Å². The molecule has 0 spiro atoms. The van der Waals surface area contributed by atoms with Crippen molar-refractivity contribution in [2.75, 3.05) is 13.2 Å². The van der Waals surface area contributed by atoms with Crippen LogP contribution in [0.25, 0.3) is 11.1 Å². The molecular formula is C30H42O2. The van der Waals surface area contributed by atoms with Crippen molar-refractivity contribution in [2.24, 2.45) is 5.92 Å². The molecule has 2 aromatic rings. The highest BCUT2D eigenvalue weighted by molar-refractivity contribution is 5.64. The largest absolute Gasteiger partial charge is 0.373 e. The van der Waals surface area contributed by atoms with E-state index in [0.29, 0.717) is 13.2 Å². The maximum absolute atomic E-state index is 6.11. The first-order chi connectivity index (χ1) is 15.8. The van der Waals surface area contributed by atoms with Crippen molar-refractivity contribution in [3.63, 3.8) is 0 Å². The Morgan fingerprint density at radius 3 is 1.81 bits per heavy atom. The number of unbranched alkanes of at least 4 members (excludes halogenated alkanes) is 2. The van der Waals surface area contributed by atoms with Crippen LogP contribution in [0.2, 0.25) is 0 Å². The molecule has 2 heteroatoms. The summed E-state index contributed by atoms with van der Waals surface area (Å²) >= 11 is 0. The van der Waals surface area contributed by atoms with E-state index in [1.165, 1.54) is 80.0 Å². The predicted molar refractivity (Wildman–Crippen MR) is 134 cm³/mol. The topological polar surface area (TPSA) is 18.5 Å². The number of rotatable bonds is 9. The van der Waals surface area contributed by atoms with Gasteiger partial charge in [0.2, 0.25) is 0 Å². The Hall–Kier alpha value is -1.64. The van der Waals surface area contributed by atoms with Gasteiger partial charge in [0.1, 0.15) is 6.10 Å². The van der Waals surface area contributed by atoms with Crippen LogP contribution in [0.4, 0.5) is 0 Å². The van der Waals surface area contributed by atoms with Crippen LogP contribution in [0.1, 0.15) is 101 Å². The molecule has 2 atom stereocenters. The molecule has 2 aromatic carbocycles. The Kier molecular flexibility index (Phi) is 8.82. The van der Waals surface area contributed by atoms with E-state index in [-0.39, 0.29) is 12.2 Å². The molecule has 174 valence electrons. The van der Waals surface area contributed by atoms with Crippen molar-refractivity contribution < 1.29 is 9.47 Å². The van der Waals surface area contributed by atoms with Crippen LogP contribution in [0.3, 0.4) is 0 Å². The molecule has 0 unspecified atom stereocenters. The SMILES string of the molecule is CCCCC1CCC(c2ccc(-c3ccc([C@@H]4CO[C@@H](CCCC)CO4)cc3)cc2)CC1. The van der Waals surface area contributed by atoms with Gasteiger partial charge in [-0.3, -0.25) is 0 Å². The Labute approximate surface area is 195 Å². The Morgan fingerprint density at radius 1 is 0.656 bits per heavy atom. The third-order valence-electron chi connectivity index (χ3n) is 7.66. The number of hydrogen-bond donors (Lipinski definition) is 0. The first-order valence-corrected chi connectivity index (χ1v) is 13.2. The van der Waals surface area contributed by atoms with Crippen LogP contribution in [-0.2, 0) is 9.47 Å². The molecule has 1 aliphatic carbocycles. The minimum absolute atomic E-state index is 0.0664. The lowest BCUT2D eigenvalue weighted by atomic mass is 9.77. The standard InChI is InChI=1S/C30H42O2/c1-3-5-7-23-9-11-24(12-10-23)25-13-15-26(16-14-25)27-17-19-28(20-18-27)30-22-31-29(21-32-30)8-6-4-2/h13-20,23-24,29-30H,3-12,21-22H2,1-2H3/t23?,24?,29-,30-/m0/s1. The van der Waals surface area contributed by atoms with Crippen LogP contribution < -0.4 is 0 Å². The summed E-state index contributed by atoms with van der Waals surface area (Å²) < 4.78 is 12.1. The quantitative estimate of drug-likeness (QED) is 0.394. The maximum Gasteiger partial charge on any atom is 0.106 e. The summed E-state index contributed by atoms with van der Waals surface area (Å²) in [5, 5.41) is 0. The summed E-state index contributed by atoms with van der Waals surface area (Å²) in [6, 6.07) is 18.2. The van der Waals surface area contributed by atoms with Crippen molar-refractivity contribution in [1.29, 1.82) is 0 Å². The first-order valence-electron chi connectivity index (χ1n) is 13.2. The molecular weight excluding hydrogens is 392 g/mol. The number of hydrogen-bond acceptors (Lipinski definition) is 2. The molecule has 0 amide bonds. The summed E-state index contributed by atoms with van der Waals surface area (Å²) in [6.45, 7) is 5.92. The molecule has 2 nitrogen and oxygen atoms in total. The summed E-state index contributed by atoms with van der Waals surface area (Å²) in [5.74, 6) is 1.73. The van der Waals surface area contributed by atoms with Crippen molar-refractivity contribution in [1.82, 2.24) is 0 Å². The van der Waals surface area contributed by atoms with Gasteiger partial charge in [-0.2, -0.15) is 0 Å². The molecule has 0 aromatic heterocycles. The zero-order valence-electron chi connectivity index (χ0n) is 20.2. The molecule has 2 fully saturated rings. The van der Waals surface area contributed by atoms with Gasteiger partial charge in [0.05, 0.1) is 19.3 Å². The fourth-order valence-corrected chi connectivity index (χ4v) is 5.45. The van der Waals surface area contributed by atoms with E-state index in [9.17, 15) is 0 Å². The summed E-state index contributed by atoms with van der Waals surface area (Å²) in [7, 11) is 0. The molecule has 1 heterocycles. The highest BCUT2D eigenvalue weighted by Crippen LogP contribution is 2.38. The molecule has 0 bridgehead atoms. The molecule has 4 rings (SSSR count). The zero-order valence-corrected chi connectivity index (χ0v) is 20.2. The number of ether oxygens (including phenoxy) is 2. The highest BCUT2D eigenvalue weighted by Gasteiger charge is 2.24. The second-order valence-corrected chi connectivity index (χ2v) is 10.0. The highest BCUT2D eigenvalue weighted by atomic mass is 16.6. The summed E-state index contributed by atoms with van der Waals surface area (Å²) in [6.07, 6.45) is 13.6. The van der Waals surface area contributed by atoms with Gasteiger partial charge in [0.15, 0.2) is 0 Å². The van der Waals surface area contributed by atoms with Gasteiger partial charge >= 0.3 is 0 Å². The van der Waals surface area contributed by atoms with Gasteiger partial charge in [-0.05, 0) is 66.2 Å². The van der Waals surface area contributed by atoms with Crippen molar-refractivity contribution >= 4 is 0 Å². The van der Waals surface area contributed by atoms with Gasteiger partial charge in [-0.1, -0.05) is 94.5 Å². The molecule has 0 N–H and O–H groups in total. The van der Waals surface area contributed by atoms with E-state index in [4.69, 9.17) is 9.47 Å². The van der Waals surface area contributed by atoms with Gasteiger partial charge < -0.3 is 9.47 Å². The molecule has 32 heavy (non-hydrogen) atoms. The van der Waals surface area contributed by atoms with Crippen LogP contribution in [-0.4, -0.2) is 19.3 Å². The second kappa shape index (κ2) is 12.0. The van der Waals surface area contributed by atoms with Crippen LogP contribution in [0, 0.1) is 5.92 Å². The predicted octanol–water partition coefficient (Wildman–Crippen LogP) is 8.46.